The molecule has 2 rings (SSSR count). The molecule has 0 aliphatic heterocycles. The summed E-state index contributed by atoms with van der Waals surface area (Å²) in [4.78, 5) is 15.8. The Morgan fingerprint density at radius 1 is 1.25 bits per heavy atom. The molecule has 1 aromatic carbocycles. The minimum Gasteiger partial charge on any atom is -0.324 e. The summed E-state index contributed by atoms with van der Waals surface area (Å²) in [7, 11) is 0. The highest BCUT2D eigenvalue weighted by Crippen LogP contribution is 2.22. The molecule has 4 nitrogen and oxygen atoms in total. The first-order valence-corrected chi connectivity index (χ1v) is 6.68. The molecule has 0 atom stereocenters. The minimum absolute atomic E-state index is 0.119. The van der Waals surface area contributed by atoms with Crippen molar-refractivity contribution >= 4 is 23.2 Å². The predicted molar refractivity (Wildman–Crippen MR) is 80.8 cm³/mol. The number of nitrogens with one attached hydrogen (secondary N) is 2. The van der Waals surface area contributed by atoms with E-state index < -0.39 is 0 Å². The molecule has 0 aliphatic rings. The van der Waals surface area contributed by atoms with Crippen LogP contribution in [0.2, 0.25) is 5.02 Å². The number of pyridine rings is 1. The molecule has 1 heterocycles. The predicted octanol–water partition coefficient (Wildman–Crippen LogP) is 2.77. The van der Waals surface area contributed by atoms with Crippen molar-refractivity contribution in [1.82, 2.24) is 10.3 Å². The standard InChI is InChI=1S/C15H16ClN3O/c1-11-2-3-13(16)14(8-11)19-15(20)10-18-9-12-4-6-17-7-5-12/h2-8,18H,9-10H2,1H3,(H,19,20). The van der Waals surface area contributed by atoms with Gasteiger partial charge < -0.3 is 10.6 Å². The van der Waals surface area contributed by atoms with Crippen molar-refractivity contribution in [1.29, 1.82) is 0 Å². The Kier molecular flexibility index (Phi) is 5.09. The van der Waals surface area contributed by atoms with Crippen LogP contribution in [0, 0.1) is 6.92 Å². The van der Waals surface area contributed by atoms with Crippen molar-refractivity contribution in [3.05, 3.63) is 58.9 Å². The molecule has 0 unspecified atom stereocenters. The van der Waals surface area contributed by atoms with E-state index >= 15 is 0 Å². The van der Waals surface area contributed by atoms with Gasteiger partial charge in [-0.3, -0.25) is 9.78 Å². The van der Waals surface area contributed by atoms with Crippen molar-refractivity contribution < 1.29 is 4.79 Å². The molecule has 1 amide bonds. The summed E-state index contributed by atoms with van der Waals surface area (Å²) in [5.41, 5.74) is 2.78. The van der Waals surface area contributed by atoms with Crippen molar-refractivity contribution in [3.8, 4) is 0 Å². The molecule has 20 heavy (non-hydrogen) atoms. The highest BCUT2D eigenvalue weighted by Gasteiger charge is 2.05. The van der Waals surface area contributed by atoms with Gasteiger partial charge in [-0.05, 0) is 42.3 Å². The van der Waals surface area contributed by atoms with Gasteiger partial charge in [-0.15, -0.1) is 0 Å². The molecule has 0 spiro atoms. The molecule has 0 aliphatic carbocycles. The smallest absolute Gasteiger partial charge is 0.238 e. The Morgan fingerprint density at radius 3 is 2.75 bits per heavy atom. The van der Waals surface area contributed by atoms with Crippen LogP contribution >= 0.6 is 11.6 Å². The number of hydrogen-bond donors (Lipinski definition) is 2. The van der Waals surface area contributed by atoms with Crippen LogP contribution in [-0.4, -0.2) is 17.4 Å². The van der Waals surface area contributed by atoms with E-state index in [2.05, 4.69) is 15.6 Å². The third-order valence-corrected chi connectivity index (χ3v) is 3.09. The second-order valence-corrected chi connectivity index (χ2v) is 4.90. The van der Waals surface area contributed by atoms with E-state index in [4.69, 9.17) is 11.6 Å². The largest absolute Gasteiger partial charge is 0.324 e. The summed E-state index contributed by atoms with van der Waals surface area (Å²) >= 11 is 6.03. The van der Waals surface area contributed by atoms with Crippen molar-refractivity contribution in [2.75, 3.05) is 11.9 Å². The fraction of sp³-hybridized carbons (Fsp3) is 0.200. The molecule has 0 saturated heterocycles. The van der Waals surface area contributed by atoms with Gasteiger partial charge in [0.15, 0.2) is 0 Å². The molecule has 0 fully saturated rings. The van der Waals surface area contributed by atoms with Gasteiger partial charge >= 0.3 is 0 Å². The molecule has 1 aromatic heterocycles. The van der Waals surface area contributed by atoms with Gasteiger partial charge in [-0.25, -0.2) is 0 Å². The lowest BCUT2D eigenvalue weighted by molar-refractivity contribution is -0.115. The lowest BCUT2D eigenvalue weighted by Gasteiger charge is -2.09. The zero-order valence-electron chi connectivity index (χ0n) is 11.2. The van der Waals surface area contributed by atoms with Gasteiger partial charge in [0, 0.05) is 18.9 Å². The molecular formula is C15H16ClN3O. The average Bonchev–Trinajstić information content (AvgIpc) is 2.44. The second-order valence-electron chi connectivity index (χ2n) is 4.49. The molecule has 2 N–H and O–H groups in total. The maximum absolute atomic E-state index is 11.8. The van der Waals surface area contributed by atoms with Crippen LogP contribution in [0.25, 0.3) is 0 Å². The van der Waals surface area contributed by atoms with Gasteiger partial charge in [0.25, 0.3) is 0 Å². The Bertz CT molecular complexity index is 587. The third-order valence-electron chi connectivity index (χ3n) is 2.76. The number of rotatable bonds is 5. The SMILES string of the molecule is Cc1ccc(Cl)c(NC(=O)CNCc2ccncc2)c1. The van der Waals surface area contributed by atoms with E-state index in [9.17, 15) is 4.79 Å². The molecule has 2 aromatic rings. The van der Waals surface area contributed by atoms with Gasteiger partial charge in [-0.1, -0.05) is 17.7 Å². The lowest BCUT2D eigenvalue weighted by atomic mass is 10.2. The van der Waals surface area contributed by atoms with Crippen molar-refractivity contribution in [2.45, 2.75) is 13.5 Å². The van der Waals surface area contributed by atoms with Crippen LogP contribution in [0.5, 0.6) is 0 Å². The van der Waals surface area contributed by atoms with Crippen LogP contribution < -0.4 is 10.6 Å². The Morgan fingerprint density at radius 2 is 2.00 bits per heavy atom. The maximum atomic E-state index is 11.8. The van der Waals surface area contributed by atoms with Gasteiger partial charge in [0.1, 0.15) is 0 Å². The third kappa shape index (κ3) is 4.33. The fourth-order valence-corrected chi connectivity index (χ4v) is 1.92. The summed E-state index contributed by atoms with van der Waals surface area (Å²) in [6, 6.07) is 9.34. The van der Waals surface area contributed by atoms with E-state index in [-0.39, 0.29) is 12.5 Å². The lowest BCUT2D eigenvalue weighted by Crippen LogP contribution is -2.27. The number of anilines is 1. The summed E-state index contributed by atoms with van der Waals surface area (Å²) in [5.74, 6) is -0.119. The Labute approximate surface area is 123 Å². The first kappa shape index (κ1) is 14.5. The number of carbonyl (C=O) groups excluding carboxylic acids is 1. The molecule has 5 heteroatoms. The number of halogens is 1. The first-order valence-electron chi connectivity index (χ1n) is 6.31. The highest BCUT2D eigenvalue weighted by atomic mass is 35.5. The minimum atomic E-state index is -0.119. The first-order chi connectivity index (χ1) is 9.65. The summed E-state index contributed by atoms with van der Waals surface area (Å²) in [6.07, 6.45) is 3.45. The molecular weight excluding hydrogens is 274 g/mol. The number of benzene rings is 1. The number of aromatic nitrogens is 1. The van der Waals surface area contributed by atoms with Crippen LogP contribution in [0.3, 0.4) is 0 Å². The van der Waals surface area contributed by atoms with Crippen LogP contribution in [-0.2, 0) is 11.3 Å². The average molecular weight is 290 g/mol. The number of carbonyl (C=O) groups is 1. The number of hydrogen-bond acceptors (Lipinski definition) is 3. The molecule has 0 radical (unpaired) electrons. The molecule has 104 valence electrons. The van der Waals surface area contributed by atoms with Gasteiger partial charge in [0.2, 0.25) is 5.91 Å². The van der Waals surface area contributed by atoms with Crippen LogP contribution in [0.15, 0.2) is 42.7 Å². The van der Waals surface area contributed by atoms with Gasteiger partial charge in [0.05, 0.1) is 17.3 Å². The number of amides is 1. The van der Waals surface area contributed by atoms with Crippen LogP contribution in [0.4, 0.5) is 5.69 Å². The molecule has 0 bridgehead atoms. The van der Waals surface area contributed by atoms with Gasteiger partial charge in [-0.2, -0.15) is 0 Å². The highest BCUT2D eigenvalue weighted by molar-refractivity contribution is 6.33. The Hall–Kier alpha value is -1.91. The zero-order chi connectivity index (χ0) is 14.4. The van der Waals surface area contributed by atoms with E-state index in [1.165, 1.54) is 0 Å². The van der Waals surface area contributed by atoms with Crippen molar-refractivity contribution in [3.63, 3.8) is 0 Å². The maximum Gasteiger partial charge on any atom is 0.238 e. The fourth-order valence-electron chi connectivity index (χ4n) is 1.75. The quantitative estimate of drug-likeness (QED) is 0.890. The van der Waals surface area contributed by atoms with E-state index in [0.717, 1.165) is 11.1 Å². The van der Waals surface area contributed by atoms with E-state index in [0.29, 0.717) is 17.3 Å². The summed E-state index contributed by atoms with van der Waals surface area (Å²) < 4.78 is 0. The summed E-state index contributed by atoms with van der Waals surface area (Å²) in [5, 5.41) is 6.40. The van der Waals surface area contributed by atoms with Crippen molar-refractivity contribution in [2.24, 2.45) is 0 Å². The van der Waals surface area contributed by atoms with Crippen LogP contribution in [0.1, 0.15) is 11.1 Å². The zero-order valence-corrected chi connectivity index (χ0v) is 11.9. The normalized spacial score (nSPS) is 10.3. The Balaban J connectivity index is 1.82. The van der Waals surface area contributed by atoms with E-state index in [1.54, 1.807) is 18.5 Å². The second kappa shape index (κ2) is 7.03. The number of aryl methyl sites for hydroxylation is 1. The monoisotopic (exact) mass is 289 g/mol. The van der Waals surface area contributed by atoms with E-state index in [1.807, 2.05) is 31.2 Å². The molecule has 0 saturated carbocycles. The summed E-state index contributed by atoms with van der Waals surface area (Å²) in [6.45, 7) is 2.80. The topological polar surface area (TPSA) is 54.0 Å². The number of nitrogens with zero attached hydrogens (tertiary/aromatic N) is 1.